The molecule has 1 aliphatic rings. The monoisotopic (exact) mass is 486 g/mol. The van der Waals surface area contributed by atoms with Crippen molar-refractivity contribution < 1.29 is 22.7 Å². The maximum Gasteiger partial charge on any atom is 0.244 e. The van der Waals surface area contributed by atoms with Crippen molar-refractivity contribution in [1.29, 1.82) is 0 Å². The van der Waals surface area contributed by atoms with Crippen molar-refractivity contribution in [1.82, 2.24) is 5.32 Å². The summed E-state index contributed by atoms with van der Waals surface area (Å²) in [5, 5.41) is 3.39. The van der Waals surface area contributed by atoms with Gasteiger partial charge in [0.1, 0.15) is 19.3 Å². The van der Waals surface area contributed by atoms with E-state index in [2.05, 4.69) is 5.32 Å². The quantitative estimate of drug-likeness (QED) is 0.633. The third-order valence-corrected chi connectivity index (χ3v) is 6.62. The average molecular weight is 487 g/mol. The number of ether oxygens (including phenoxy) is 2. The number of rotatable bonds is 7. The fraction of sp³-hybridized carbons (Fsp3) is 0.381. The molecule has 0 aliphatic carbocycles. The molecule has 1 heterocycles. The molecule has 1 amide bonds. The number of fused-ring (bicyclic) bond motifs is 1. The molecule has 1 aliphatic heterocycles. The third-order valence-electron chi connectivity index (χ3n) is 4.90. The zero-order chi connectivity index (χ0) is 22.8. The lowest BCUT2D eigenvalue weighted by Crippen LogP contribution is -2.49. The predicted octanol–water partition coefficient (Wildman–Crippen LogP) is 4.19. The Bertz CT molecular complexity index is 1080. The molecule has 10 heteroatoms. The molecule has 31 heavy (non-hydrogen) atoms. The fourth-order valence-corrected chi connectivity index (χ4v) is 5.05. The highest BCUT2D eigenvalue weighted by molar-refractivity contribution is 7.92. The summed E-state index contributed by atoms with van der Waals surface area (Å²) >= 11 is 12.3. The van der Waals surface area contributed by atoms with Crippen LogP contribution >= 0.6 is 23.2 Å². The van der Waals surface area contributed by atoms with Crippen LogP contribution in [0.25, 0.3) is 0 Å². The highest BCUT2D eigenvalue weighted by Gasteiger charge is 2.33. The van der Waals surface area contributed by atoms with E-state index < -0.39 is 28.0 Å². The van der Waals surface area contributed by atoms with Crippen molar-refractivity contribution in [2.75, 3.05) is 23.8 Å². The van der Waals surface area contributed by atoms with Gasteiger partial charge in [0.05, 0.1) is 23.0 Å². The summed E-state index contributed by atoms with van der Waals surface area (Å²) in [5.74, 6) is 0.811. The molecular weight excluding hydrogens is 463 g/mol. The van der Waals surface area contributed by atoms with Crippen molar-refractivity contribution in [3.05, 3.63) is 52.0 Å². The Morgan fingerprint density at radius 2 is 1.81 bits per heavy atom. The molecule has 2 atom stereocenters. The number of benzene rings is 2. The van der Waals surface area contributed by atoms with Gasteiger partial charge in [-0.25, -0.2) is 8.42 Å². The number of nitrogens with one attached hydrogen (secondary N) is 1. The minimum atomic E-state index is -3.83. The molecule has 0 fully saturated rings. The number of hydrogen-bond donors (Lipinski definition) is 1. The topological polar surface area (TPSA) is 84.9 Å². The first kappa shape index (κ1) is 23.5. The number of amides is 1. The van der Waals surface area contributed by atoms with Gasteiger partial charge in [-0.05, 0) is 49.2 Å². The van der Waals surface area contributed by atoms with Crippen LogP contribution in [-0.2, 0) is 14.8 Å². The predicted molar refractivity (Wildman–Crippen MR) is 122 cm³/mol. The van der Waals surface area contributed by atoms with Gasteiger partial charge in [-0.15, -0.1) is 0 Å². The van der Waals surface area contributed by atoms with Crippen molar-refractivity contribution in [2.45, 2.75) is 32.4 Å². The normalized spacial score (nSPS) is 15.1. The first-order chi connectivity index (χ1) is 14.6. The van der Waals surface area contributed by atoms with E-state index in [-0.39, 0.29) is 17.1 Å². The van der Waals surface area contributed by atoms with Crippen LogP contribution in [-0.4, -0.2) is 39.8 Å². The second kappa shape index (κ2) is 9.54. The van der Waals surface area contributed by atoms with Crippen molar-refractivity contribution in [3.8, 4) is 11.5 Å². The van der Waals surface area contributed by atoms with Crippen LogP contribution in [0.4, 0.5) is 5.69 Å². The third kappa shape index (κ3) is 5.37. The van der Waals surface area contributed by atoms with Crippen molar-refractivity contribution in [2.24, 2.45) is 0 Å². The van der Waals surface area contributed by atoms with Gasteiger partial charge in [0.15, 0.2) is 11.5 Å². The van der Waals surface area contributed by atoms with Crippen LogP contribution in [0.3, 0.4) is 0 Å². The van der Waals surface area contributed by atoms with E-state index in [0.717, 1.165) is 16.1 Å². The molecule has 3 rings (SSSR count). The van der Waals surface area contributed by atoms with Gasteiger partial charge >= 0.3 is 0 Å². The molecular formula is C21H24Cl2N2O5S. The van der Waals surface area contributed by atoms with Crippen LogP contribution < -0.4 is 19.1 Å². The van der Waals surface area contributed by atoms with Crippen LogP contribution in [0.15, 0.2) is 36.4 Å². The molecule has 0 saturated carbocycles. The lowest BCUT2D eigenvalue weighted by molar-refractivity contribution is -0.122. The standard InChI is InChI=1S/C21H24Cl2N2O5S/c1-4-17(25(31(3,27)28)18-12-15(22)6-7-16(18)23)21(26)24-13(2)14-5-8-19-20(11-14)30-10-9-29-19/h5-8,11-13,17H,4,9-10H2,1-3H3,(H,24,26). The Balaban J connectivity index is 1.87. The van der Waals surface area contributed by atoms with Gasteiger partial charge in [-0.1, -0.05) is 36.2 Å². The zero-order valence-corrected chi connectivity index (χ0v) is 19.7. The van der Waals surface area contributed by atoms with E-state index in [0.29, 0.717) is 29.7 Å². The van der Waals surface area contributed by atoms with Gasteiger partial charge < -0.3 is 14.8 Å². The molecule has 0 spiro atoms. The molecule has 2 aromatic rings. The first-order valence-corrected chi connectivity index (χ1v) is 12.4. The highest BCUT2D eigenvalue weighted by Crippen LogP contribution is 2.34. The molecule has 0 saturated heterocycles. The minimum Gasteiger partial charge on any atom is -0.486 e. The van der Waals surface area contributed by atoms with E-state index in [1.165, 1.54) is 12.1 Å². The van der Waals surface area contributed by atoms with E-state index in [1.54, 1.807) is 19.1 Å². The Morgan fingerprint density at radius 3 is 2.45 bits per heavy atom. The van der Waals surface area contributed by atoms with Gasteiger partial charge in [-0.2, -0.15) is 0 Å². The number of nitrogens with zero attached hydrogens (tertiary/aromatic N) is 1. The summed E-state index contributed by atoms with van der Waals surface area (Å²) in [4.78, 5) is 13.2. The Morgan fingerprint density at radius 1 is 1.13 bits per heavy atom. The van der Waals surface area contributed by atoms with Crippen LogP contribution in [0.1, 0.15) is 31.9 Å². The summed E-state index contributed by atoms with van der Waals surface area (Å²) in [7, 11) is -3.83. The first-order valence-electron chi connectivity index (χ1n) is 9.76. The number of hydrogen-bond acceptors (Lipinski definition) is 5. The van der Waals surface area contributed by atoms with E-state index in [1.807, 2.05) is 19.1 Å². The molecule has 0 aromatic heterocycles. The average Bonchev–Trinajstić information content (AvgIpc) is 2.72. The largest absolute Gasteiger partial charge is 0.486 e. The zero-order valence-electron chi connectivity index (χ0n) is 17.4. The highest BCUT2D eigenvalue weighted by atomic mass is 35.5. The number of sulfonamides is 1. The van der Waals surface area contributed by atoms with E-state index in [4.69, 9.17) is 32.7 Å². The molecule has 2 unspecified atom stereocenters. The Labute approximate surface area is 192 Å². The van der Waals surface area contributed by atoms with E-state index in [9.17, 15) is 13.2 Å². The lowest BCUT2D eigenvalue weighted by atomic mass is 10.1. The fourth-order valence-electron chi connectivity index (χ4n) is 3.41. The second-order valence-electron chi connectivity index (χ2n) is 7.21. The Kier molecular flexibility index (Phi) is 7.24. The van der Waals surface area contributed by atoms with Crippen LogP contribution in [0.5, 0.6) is 11.5 Å². The van der Waals surface area contributed by atoms with Crippen molar-refractivity contribution >= 4 is 44.8 Å². The summed E-state index contributed by atoms with van der Waals surface area (Å²) in [5.41, 5.74) is 0.963. The number of carbonyl (C=O) groups excluding carboxylic acids is 1. The maximum absolute atomic E-state index is 13.2. The smallest absolute Gasteiger partial charge is 0.244 e. The lowest BCUT2D eigenvalue weighted by Gasteiger charge is -2.31. The van der Waals surface area contributed by atoms with Gasteiger partial charge in [0.25, 0.3) is 0 Å². The number of carbonyl (C=O) groups is 1. The molecule has 0 radical (unpaired) electrons. The minimum absolute atomic E-state index is 0.158. The van der Waals surface area contributed by atoms with Gasteiger partial charge in [-0.3, -0.25) is 9.10 Å². The van der Waals surface area contributed by atoms with Gasteiger partial charge in [0, 0.05) is 5.02 Å². The summed E-state index contributed by atoms with van der Waals surface area (Å²) in [6.45, 7) is 4.49. The molecule has 2 aromatic carbocycles. The number of anilines is 1. The number of halogens is 2. The van der Waals surface area contributed by atoms with Crippen LogP contribution in [0, 0.1) is 0 Å². The summed E-state index contributed by atoms with van der Waals surface area (Å²) in [6.07, 6.45) is 1.26. The maximum atomic E-state index is 13.2. The van der Waals surface area contributed by atoms with Crippen LogP contribution in [0.2, 0.25) is 10.0 Å². The molecule has 168 valence electrons. The summed E-state index contributed by atoms with van der Waals surface area (Å²) in [6, 6.07) is 8.52. The molecule has 7 nitrogen and oxygen atoms in total. The summed E-state index contributed by atoms with van der Waals surface area (Å²) < 4.78 is 37.4. The van der Waals surface area contributed by atoms with Crippen molar-refractivity contribution in [3.63, 3.8) is 0 Å². The van der Waals surface area contributed by atoms with E-state index >= 15 is 0 Å². The SMILES string of the molecule is CCC(C(=O)NC(C)c1ccc2c(c1)OCCO2)N(c1cc(Cl)ccc1Cl)S(C)(=O)=O. The second-order valence-corrected chi connectivity index (χ2v) is 9.92. The van der Waals surface area contributed by atoms with Gasteiger partial charge in [0.2, 0.25) is 15.9 Å². The molecule has 0 bridgehead atoms. The Hall–Kier alpha value is -2.16. The molecule has 1 N–H and O–H groups in total.